The molecule has 0 aromatic carbocycles. The molecule has 0 bridgehead atoms. The van der Waals surface area contributed by atoms with Crippen LogP contribution in [0.4, 0.5) is 0 Å². The van der Waals surface area contributed by atoms with Crippen molar-refractivity contribution in [1.82, 2.24) is 10.2 Å². The van der Waals surface area contributed by atoms with E-state index in [4.69, 9.17) is 10.8 Å². The van der Waals surface area contributed by atoms with Gasteiger partial charge in [0.15, 0.2) is 5.78 Å². The maximum absolute atomic E-state index is 12.8. The van der Waals surface area contributed by atoms with Gasteiger partial charge in [0.2, 0.25) is 17.7 Å². The Balaban J connectivity index is 3.10. The van der Waals surface area contributed by atoms with E-state index < -0.39 is 78.2 Å². The topological polar surface area (TPSA) is 184 Å². The fourth-order valence-corrected chi connectivity index (χ4v) is 2.96. The Hall–Kier alpha value is -2.82. The number of amides is 3. The smallest absolute Gasteiger partial charge is 0.327 e. The molecule has 1 fully saturated rings. The number of carbonyl (C=O) groups is 6. The van der Waals surface area contributed by atoms with Gasteiger partial charge in [-0.05, 0) is 19.3 Å². The summed E-state index contributed by atoms with van der Waals surface area (Å²) >= 11 is 0. The quantitative estimate of drug-likeness (QED) is 0.257. The highest BCUT2D eigenvalue weighted by Gasteiger charge is 2.50. The van der Waals surface area contributed by atoms with Gasteiger partial charge in [-0.15, -0.1) is 0 Å². The Morgan fingerprint density at radius 2 is 1.75 bits per heavy atom. The third-order valence-electron chi connectivity index (χ3n) is 4.41. The summed E-state index contributed by atoms with van der Waals surface area (Å²) in [6, 6.07) is -3.73. The van der Waals surface area contributed by atoms with Crippen LogP contribution < -0.4 is 11.1 Å². The van der Waals surface area contributed by atoms with Crippen LogP contribution in [0.15, 0.2) is 0 Å². The molecule has 0 aromatic rings. The number of nitrogens with zero attached hydrogens (tertiary/aromatic N) is 1. The molecule has 4 atom stereocenters. The lowest BCUT2D eigenvalue weighted by molar-refractivity contribution is -0.157. The Bertz CT molecular complexity index is 688. The summed E-state index contributed by atoms with van der Waals surface area (Å²) in [6.45, 7) is 4.40. The highest BCUT2D eigenvalue weighted by atomic mass is 16.4. The molecule has 11 heteroatoms. The van der Waals surface area contributed by atoms with Crippen LogP contribution in [0.2, 0.25) is 0 Å². The number of aliphatic carboxylic acids is 2. The van der Waals surface area contributed by atoms with Gasteiger partial charge in [-0.3, -0.25) is 28.9 Å². The number of carboxylic acids is 2. The minimum atomic E-state index is -1.49. The summed E-state index contributed by atoms with van der Waals surface area (Å²) in [5.74, 6) is -8.00. The van der Waals surface area contributed by atoms with Gasteiger partial charge < -0.3 is 21.3 Å². The minimum Gasteiger partial charge on any atom is -0.481 e. The zero-order chi connectivity index (χ0) is 21.8. The Morgan fingerprint density at radius 3 is 2.18 bits per heavy atom. The van der Waals surface area contributed by atoms with E-state index in [1.54, 1.807) is 0 Å². The lowest BCUT2D eigenvalue weighted by Gasteiger charge is -2.26. The second kappa shape index (κ2) is 9.40. The second-order valence-corrected chi connectivity index (χ2v) is 7.07. The van der Waals surface area contributed by atoms with Gasteiger partial charge in [0.25, 0.3) is 0 Å². The molecule has 0 aliphatic carbocycles. The molecule has 156 valence electrons. The summed E-state index contributed by atoms with van der Waals surface area (Å²) in [5.41, 5.74) is 5.44. The standard InChI is InChI=1S/C17H25N3O8/c1-7(2)13(17(27)28)20-11(21)6-9(16(20)26)14(24)10(4-5-12(22)23)19-15(25)8(3)18/h7-10,13H,4-6,18H2,1-3H3,(H,19,25)(H,22,23)(H,27,28)/t8-,9+,10-,13-/m0/s1. The monoisotopic (exact) mass is 399 g/mol. The van der Waals surface area contributed by atoms with Gasteiger partial charge in [-0.1, -0.05) is 13.8 Å². The number of ketones is 1. The number of hydrogen-bond acceptors (Lipinski definition) is 7. The maximum Gasteiger partial charge on any atom is 0.327 e. The largest absolute Gasteiger partial charge is 0.481 e. The number of nitrogens with one attached hydrogen (secondary N) is 1. The van der Waals surface area contributed by atoms with E-state index >= 15 is 0 Å². The number of likely N-dealkylation sites (tertiary alicyclic amines) is 1. The molecule has 1 aliphatic heterocycles. The molecule has 1 aliphatic rings. The van der Waals surface area contributed by atoms with E-state index in [-0.39, 0.29) is 6.42 Å². The fraction of sp³-hybridized carbons (Fsp3) is 0.647. The van der Waals surface area contributed by atoms with Crippen LogP contribution in [0.3, 0.4) is 0 Å². The number of carboxylic acid groups (broad SMARTS) is 2. The molecule has 0 saturated carbocycles. The molecule has 0 radical (unpaired) electrons. The second-order valence-electron chi connectivity index (χ2n) is 7.07. The minimum absolute atomic E-state index is 0.295. The van der Waals surface area contributed by atoms with Crippen LogP contribution in [-0.4, -0.2) is 68.7 Å². The van der Waals surface area contributed by atoms with Crippen LogP contribution in [0.5, 0.6) is 0 Å². The first kappa shape index (κ1) is 23.2. The van der Waals surface area contributed by atoms with Gasteiger partial charge >= 0.3 is 11.9 Å². The number of rotatable bonds is 10. The van der Waals surface area contributed by atoms with E-state index in [1.807, 2.05) is 0 Å². The highest BCUT2D eigenvalue weighted by molar-refractivity contribution is 6.17. The van der Waals surface area contributed by atoms with E-state index in [9.17, 15) is 33.9 Å². The maximum atomic E-state index is 12.8. The molecule has 1 rings (SSSR count). The Kier molecular flexibility index (Phi) is 7.79. The van der Waals surface area contributed by atoms with E-state index in [0.717, 1.165) is 0 Å². The molecule has 0 unspecified atom stereocenters. The number of nitrogens with two attached hydrogens (primary N) is 1. The summed E-state index contributed by atoms with van der Waals surface area (Å²) < 4.78 is 0. The molecular formula is C17H25N3O8. The lowest BCUT2D eigenvalue weighted by Crippen LogP contribution is -2.51. The number of imide groups is 1. The molecule has 0 spiro atoms. The van der Waals surface area contributed by atoms with Crippen molar-refractivity contribution in [1.29, 1.82) is 0 Å². The first-order valence-corrected chi connectivity index (χ1v) is 8.78. The fourth-order valence-electron chi connectivity index (χ4n) is 2.96. The predicted octanol–water partition coefficient (Wildman–Crippen LogP) is -1.26. The first-order chi connectivity index (χ1) is 12.9. The average molecular weight is 399 g/mol. The van der Waals surface area contributed by atoms with Crippen molar-refractivity contribution in [3.05, 3.63) is 0 Å². The average Bonchev–Trinajstić information content (AvgIpc) is 2.85. The van der Waals surface area contributed by atoms with Crippen molar-refractivity contribution in [2.45, 2.75) is 58.2 Å². The van der Waals surface area contributed by atoms with E-state index in [0.29, 0.717) is 4.90 Å². The predicted molar refractivity (Wildman–Crippen MR) is 93.7 cm³/mol. The third kappa shape index (κ3) is 5.35. The molecule has 5 N–H and O–H groups in total. The molecule has 1 saturated heterocycles. The van der Waals surface area contributed by atoms with Gasteiger partial charge in [0.1, 0.15) is 12.0 Å². The lowest BCUT2D eigenvalue weighted by atomic mass is 9.93. The normalized spacial score (nSPS) is 20.0. The SMILES string of the molecule is CC(C)[C@@H](C(=O)O)N1C(=O)C[C@H](C(=O)[C@H](CCC(=O)O)NC(=O)[C@H](C)N)C1=O. The molecule has 3 amide bonds. The number of carbonyl (C=O) groups excluding carboxylic acids is 4. The van der Waals surface area contributed by atoms with Gasteiger partial charge in [-0.25, -0.2) is 4.79 Å². The van der Waals surface area contributed by atoms with E-state index in [1.165, 1.54) is 20.8 Å². The van der Waals surface area contributed by atoms with E-state index in [2.05, 4.69) is 5.32 Å². The summed E-state index contributed by atoms with van der Waals surface area (Å²) in [5, 5.41) is 20.5. The van der Waals surface area contributed by atoms with Crippen molar-refractivity contribution in [3.63, 3.8) is 0 Å². The summed E-state index contributed by atoms with van der Waals surface area (Å²) in [7, 11) is 0. The molecule has 0 aromatic heterocycles. The van der Waals surface area contributed by atoms with Crippen LogP contribution in [0, 0.1) is 11.8 Å². The zero-order valence-electron chi connectivity index (χ0n) is 15.9. The summed E-state index contributed by atoms with van der Waals surface area (Å²) in [4.78, 5) is 72.4. The van der Waals surface area contributed by atoms with Crippen molar-refractivity contribution in [3.8, 4) is 0 Å². The van der Waals surface area contributed by atoms with Gasteiger partial charge in [0, 0.05) is 12.8 Å². The van der Waals surface area contributed by atoms with Crippen LogP contribution in [0.25, 0.3) is 0 Å². The van der Waals surface area contributed by atoms with Crippen molar-refractivity contribution in [2.24, 2.45) is 17.6 Å². The van der Waals surface area contributed by atoms with Gasteiger partial charge in [-0.2, -0.15) is 0 Å². The highest BCUT2D eigenvalue weighted by Crippen LogP contribution is 2.27. The Labute approximate surface area is 161 Å². The third-order valence-corrected chi connectivity index (χ3v) is 4.41. The van der Waals surface area contributed by atoms with Crippen LogP contribution >= 0.6 is 0 Å². The van der Waals surface area contributed by atoms with Gasteiger partial charge in [0.05, 0.1) is 12.1 Å². The van der Waals surface area contributed by atoms with Crippen LogP contribution in [-0.2, 0) is 28.8 Å². The molecule has 28 heavy (non-hydrogen) atoms. The number of hydrogen-bond donors (Lipinski definition) is 4. The molecular weight excluding hydrogens is 374 g/mol. The zero-order valence-corrected chi connectivity index (χ0v) is 15.9. The van der Waals surface area contributed by atoms with Crippen molar-refractivity contribution >= 4 is 35.4 Å². The molecule has 11 nitrogen and oxygen atoms in total. The molecule has 1 heterocycles. The van der Waals surface area contributed by atoms with Crippen molar-refractivity contribution in [2.75, 3.05) is 0 Å². The van der Waals surface area contributed by atoms with Crippen molar-refractivity contribution < 1.29 is 39.0 Å². The summed E-state index contributed by atoms with van der Waals surface area (Å²) in [6.07, 6.45) is -1.29. The number of Topliss-reactive ketones (excluding diaryl/α,β-unsaturated/α-hetero) is 1. The van der Waals surface area contributed by atoms with Crippen LogP contribution in [0.1, 0.15) is 40.0 Å². The Morgan fingerprint density at radius 1 is 1.18 bits per heavy atom. The first-order valence-electron chi connectivity index (χ1n) is 8.78.